The summed E-state index contributed by atoms with van der Waals surface area (Å²) >= 11 is 0. The number of likely N-dealkylation sites (tertiary alicyclic amines) is 1. The van der Waals surface area contributed by atoms with Crippen LogP contribution in [0, 0.1) is 12.3 Å². The number of carbonyl (C=O) groups excluding carboxylic acids is 1. The number of imidazole rings is 1. The number of nitrogens with one attached hydrogen (secondary N) is 1. The largest absolute Gasteiger partial charge is 0.379 e. The molecule has 130 valence electrons. The highest BCUT2D eigenvalue weighted by molar-refractivity contribution is 5.86. The highest BCUT2D eigenvalue weighted by Crippen LogP contribution is 2.27. The number of aryl methyl sites for hydroxylation is 1. The zero-order valence-corrected chi connectivity index (χ0v) is 15.0. The number of amides is 1. The van der Waals surface area contributed by atoms with E-state index < -0.39 is 5.60 Å². The Labute approximate surface area is 138 Å². The number of rotatable bonds is 5. The van der Waals surface area contributed by atoms with Crippen molar-refractivity contribution < 1.29 is 9.90 Å². The summed E-state index contributed by atoms with van der Waals surface area (Å²) in [4.78, 5) is 24.0. The van der Waals surface area contributed by atoms with Gasteiger partial charge < -0.3 is 15.0 Å². The van der Waals surface area contributed by atoms with Gasteiger partial charge in [-0.05, 0) is 32.2 Å². The molecule has 1 atom stereocenters. The Hall–Kier alpha value is -1.40. The Morgan fingerprint density at radius 3 is 2.74 bits per heavy atom. The monoisotopic (exact) mass is 322 g/mol. The van der Waals surface area contributed by atoms with Gasteiger partial charge in [-0.1, -0.05) is 20.8 Å². The lowest BCUT2D eigenvalue weighted by Gasteiger charge is -2.42. The van der Waals surface area contributed by atoms with Gasteiger partial charge in [0.05, 0.1) is 6.54 Å². The molecule has 6 heteroatoms. The number of hydrogen-bond donors (Lipinski definition) is 2. The molecule has 23 heavy (non-hydrogen) atoms. The predicted molar refractivity (Wildman–Crippen MR) is 89.9 cm³/mol. The molecule has 0 unspecified atom stereocenters. The summed E-state index contributed by atoms with van der Waals surface area (Å²) in [5.74, 6) is 0.713. The molecular formula is C17H30N4O2. The van der Waals surface area contributed by atoms with Gasteiger partial charge in [-0.25, -0.2) is 4.98 Å². The second-order valence-electron chi connectivity index (χ2n) is 8.11. The topological polar surface area (TPSA) is 72.5 Å². The Bertz CT molecular complexity index is 549. The lowest BCUT2D eigenvalue weighted by Crippen LogP contribution is -2.59. The maximum Gasteiger partial charge on any atom is 0.255 e. The van der Waals surface area contributed by atoms with Gasteiger partial charge in [0.25, 0.3) is 5.91 Å². The zero-order valence-electron chi connectivity index (χ0n) is 15.0. The molecule has 0 aliphatic carbocycles. The van der Waals surface area contributed by atoms with Gasteiger partial charge in [0.1, 0.15) is 5.82 Å². The molecule has 2 heterocycles. The summed E-state index contributed by atoms with van der Waals surface area (Å²) in [5, 5.41) is 10.9. The van der Waals surface area contributed by atoms with Crippen molar-refractivity contribution in [1.29, 1.82) is 0 Å². The zero-order chi connectivity index (χ0) is 17.3. The van der Waals surface area contributed by atoms with Crippen LogP contribution < -0.4 is 0 Å². The Morgan fingerprint density at radius 1 is 1.48 bits per heavy atom. The molecule has 1 aromatic heterocycles. The van der Waals surface area contributed by atoms with Crippen LogP contribution in [0.5, 0.6) is 0 Å². The van der Waals surface area contributed by atoms with E-state index in [-0.39, 0.29) is 11.3 Å². The molecule has 0 bridgehead atoms. The summed E-state index contributed by atoms with van der Waals surface area (Å²) in [6.07, 6.45) is 3.15. The van der Waals surface area contributed by atoms with Gasteiger partial charge in [-0.2, -0.15) is 0 Å². The molecule has 1 aliphatic heterocycles. The number of hydrogen-bond acceptors (Lipinski definition) is 4. The number of likely N-dealkylation sites (N-methyl/N-ethyl adjacent to an activating group) is 1. The van der Waals surface area contributed by atoms with E-state index in [0.29, 0.717) is 26.1 Å². The molecule has 6 nitrogen and oxygen atoms in total. The van der Waals surface area contributed by atoms with Crippen LogP contribution in [0.2, 0.25) is 0 Å². The van der Waals surface area contributed by atoms with Crippen LogP contribution in [0.25, 0.3) is 0 Å². The van der Waals surface area contributed by atoms with Crippen LogP contribution in [0.3, 0.4) is 0 Å². The van der Waals surface area contributed by atoms with Crippen LogP contribution in [-0.2, 0) is 11.3 Å². The molecule has 1 aromatic rings. The molecule has 1 aliphatic rings. The van der Waals surface area contributed by atoms with Crippen molar-refractivity contribution in [2.75, 3.05) is 26.7 Å². The summed E-state index contributed by atoms with van der Waals surface area (Å²) in [7, 11) is 1.91. The average Bonchev–Trinajstić information content (AvgIpc) is 2.79. The number of H-pyrrole nitrogens is 1. The summed E-state index contributed by atoms with van der Waals surface area (Å²) in [6, 6.07) is 0. The van der Waals surface area contributed by atoms with Crippen LogP contribution in [0.1, 0.15) is 45.1 Å². The highest BCUT2D eigenvalue weighted by Gasteiger charge is 2.43. The molecule has 1 amide bonds. The van der Waals surface area contributed by atoms with E-state index in [4.69, 9.17) is 0 Å². The van der Waals surface area contributed by atoms with E-state index in [1.54, 1.807) is 6.20 Å². The van der Waals surface area contributed by atoms with E-state index in [0.717, 1.165) is 24.5 Å². The predicted octanol–water partition coefficient (Wildman–Crippen LogP) is 1.55. The normalized spacial score (nSPS) is 22.9. The number of aromatic amines is 1. The molecule has 1 fully saturated rings. The maximum absolute atomic E-state index is 12.7. The molecular weight excluding hydrogens is 292 g/mol. The molecule has 0 radical (unpaired) electrons. The molecule has 0 aromatic carbocycles. The van der Waals surface area contributed by atoms with Gasteiger partial charge in [-0.15, -0.1) is 0 Å². The van der Waals surface area contributed by atoms with Crippen molar-refractivity contribution in [3.8, 4) is 0 Å². The Kier molecular flexibility index (Phi) is 5.16. The van der Waals surface area contributed by atoms with E-state index in [1.807, 2.05) is 23.8 Å². The SMILES string of the molecule is Cc1cnc(CN(C)C[C@]2(O)CCCN(CC(C)(C)C)C2=O)[nH]1. The minimum absolute atomic E-state index is 0.0332. The first-order valence-electron chi connectivity index (χ1n) is 8.30. The molecule has 1 saturated heterocycles. The van der Waals surface area contributed by atoms with Crippen LogP contribution >= 0.6 is 0 Å². The minimum Gasteiger partial charge on any atom is -0.379 e. The first kappa shape index (κ1) is 17.9. The van der Waals surface area contributed by atoms with Crippen molar-refractivity contribution in [3.63, 3.8) is 0 Å². The van der Waals surface area contributed by atoms with Crippen LogP contribution in [0.4, 0.5) is 0 Å². The third-order valence-electron chi connectivity index (χ3n) is 4.08. The number of carbonyl (C=O) groups is 1. The van der Waals surface area contributed by atoms with Gasteiger partial charge >= 0.3 is 0 Å². The number of piperidine rings is 1. The first-order valence-corrected chi connectivity index (χ1v) is 8.30. The van der Waals surface area contributed by atoms with Gasteiger partial charge in [0, 0.05) is 31.5 Å². The Balaban J connectivity index is 2.00. The van der Waals surface area contributed by atoms with Crippen molar-refractivity contribution in [1.82, 2.24) is 19.8 Å². The van der Waals surface area contributed by atoms with Crippen molar-refractivity contribution in [2.45, 2.75) is 52.7 Å². The third kappa shape index (κ3) is 4.78. The summed E-state index contributed by atoms with van der Waals surface area (Å²) < 4.78 is 0. The number of aromatic nitrogens is 2. The van der Waals surface area contributed by atoms with Crippen molar-refractivity contribution >= 4 is 5.91 Å². The summed E-state index contributed by atoms with van der Waals surface area (Å²) in [5.41, 5.74) is -0.247. The maximum atomic E-state index is 12.7. The van der Waals surface area contributed by atoms with Gasteiger partial charge in [0.15, 0.2) is 5.60 Å². The second-order valence-corrected chi connectivity index (χ2v) is 8.11. The lowest BCUT2D eigenvalue weighted by molar-refractivity contribution is -0.160. The smallest absolute Gasteiger partial charge is 0.255 e. The fourth-order valence-corrected chi connectivity index (χ4v) is 3.24. The van der Waals surface area contributed by atoms with Crippen molar-refractivity contribution in [3.05, 3.63) is 17.7 Å². The van der Waals surface area contributed by atoms with E-state index >= 15 is 0 Å². The first-order chi connectivity index (χ1) is 10.6. The van der Waals surface area contributed by atoms with Crippen LogP contribution in [-0.4, -0.2) is 63.1 Å². The average molecular weight is 322 g/mol. The van der Waals surface area contributed by atoms with Crippen molar-refractivity contribution in [2.24, 2.45) is 5.41 Å². The van der Waals surface area contributed by atoms with Crippen LogP contribution in [0.15, 0.2) is 6.20 Å². The summed E-state index contributed by atoms with van der Waals surface area (Å²) in [6.45, 7) is 10.6. The standard InChI is InChI=1S/C17H30N4O2/c1-13-9-18-14(19-13)10-20(5)12-17(23)7-6-8-21(15(17)22)11-16(2,3)4/h9,23H,6-8,10-12H2,1-5H3,(H,18,19)/t17-/m1/s1. The molecule has 2 rings (SSSR count). The molecule has 2 N–H and O–H groups in total. The molecule has 0 saturated carbocycles. The second kappa shape index (κ2) is 6.61. The Morgan fingerprint density at radius 2 is 2.17 bits per heavy atom. The van der Waals surface area contributed by atoms with E-state index in [2.05, 4.69) is 30.7 Å². The minimum atomic E-state index is -1.29. The van der Waals surface area contributed by atoms with E-state index in [9.17, 15) is 9.90 Å². The highest BCUT2D eigenvalue weighted by atomic mass is 16.3. The molecule has 0 spiro atoms. The lowest BCUT2D eigenvalue weighted by atomic mass is 9.88. The fraction of sp³-hybridized carbons (Fsp3) is 0.765. The fourth-order valence-electron chi connectivity index (χ4n) is 3.24. The quantitative estimate of drug-likeness (QED) is 0.863. The number of aliphatic hydroxyl groups is 1. The van der Waals surface area contributed by atoms with Gasteiger partial charge in [-0.3, -0.25) is 9.69 Å². The van der Waals surface area contributed by atoms with E-state index in [1.165, 1.54) is 0 Å². The van der Waals surface area contributed by atoms with Gasteiger partial charge in [0.2, 0.25) is 0 Å². The third-order valence-corrected chi connectivity index (χ3v) is 4.08. The number of nitrogens with zero attached hydrogens (tertiary/aromatic N) is 3.